The van der Waals surface area contributed by atoms with Gasteiger partial charge in [-0.05, 0) is 5.21 Å². The predicted octanol–water partition coefficient (Wildman–Crippen LogP) is 0.199. The van der Waals surface area contributed by atoms with Gasteiger partial charge in [0.2, 0.25) is 0 Å². The fourth-order valence-corrected chi connectivity index (χ4v) is 0.675. The van der Waals surface area contributed by atoms with E-state index < -0.39 is 0 Å². The molecule has 1 aromatic rings. The standard InChI is InChI=1S/C5H4N4O/c1-2-10-8-5-3-6-9-7-4(1)5/h1-3,8H. The first-order valence-corrected chi connectivity index (χ1v) is 2.73. The lowest BCUT2D eigenvalue weighted by Gasteiger charge is -2.08. The number of hydrogen-bond acceptors (Lipinski definition) is 5. The van der Waals surface area contributed by atoms with Crippen molar-refractivity contribution < 1.29 is 4.84 Å². The Morgan fingerprint density at radius 1 is 1.50 bits per heavy atom. The SMILES string of the molecule is C1=Cc2nnncc2NO1. The first kappa shape index (κ1) is 5.16. The van der Waals surface area contributed by atoms with Crippen molar-refractivity contribution in [2.45, 2.75) is 0 Å². The zero-order valence-electron chi connectivity index (χ0n) is 4.98. The van der Waals surface area contributed by atoms with Crippen molar-refractivity contribution in [2.24, 2.45) is 0 Å². The molecule has 0 atom stereocenters. The van der Waals surface area contributed by atoms with Crippen LogP contribution in [0, 0.1) is 0 Å². The second-order valence-corrected chi connectivity index (χ2v) is 1.76. The van der Waals surface area contributed by atoms with Gasteiger partial charge in [0.1, 0.15) is 17.6 Å². The summed E-state index contributed by atoms with van der Waals surface area (Å²) < 4.78 is 0. The fourth-order valence-electron chi connectivity index (χ4n) is 0.675. The largest absolute Gasteiger partial charge is 0.390 e. The second-order valence-electron chi connectivity index (χ2n) is 1.76. The molecule has 1 N–H and O–H groups in total. The average molecular weight is 136 g/mol. The lowest BCUT2D eigenvalue weighted by atomic mass is 10.3. The molecule has 2 heterocycles. The molecule has 0 unspecified atom stereocenters. The van der Waals surface area contributed by atoms with Gasteiger partial charge < -0.3 is 4.84 Å². The molecular weight excluding hydrogens is 132 g/mol. The van der Waals surface area contributed by atoms with Gasteiger partial charge in [-0.2, -0.15) is 0 Å². The fraction of sp³-hybridized carbons (Fsp3) is 0. The van der Waals surface area contributed by atoms with Crippen molar-refractivity contribution in [1.82, 2.24) is 15.4 Å². The van der Waals surface area contributed by atoms with Crippen molar-refractivity contribution in [3.8, 4) is 0 Å². The molecule has 0 aliphatic carbocycles. The van der Waals surface area contributed by atoms with Gasteiger partial charge >= 0.3 is 0 Å². The smallest absolute Gasteiger partial charge is 0.121 e. The summed E-state index contributed by atoms with van der Waals surface area (Å²) >= 11 is 0. The molecule has 50 valence electrons. The number of nitrogens with zero attached hydrogens (tertiary/aromatic N) is 3. The van der Waals surface area contributed by atoms with E-state index in [1.54, 1.807) is 12.3 Å². The van der Waals surface area contributed by atoms with E-state index in [0.29, 0.717) is 0 Å². The van der Waals surface area contributed by atoms with Gasteiger partial charge in [0.25, 0.3) is 0 Å². The van der Waals surface area contributed by atoms with E-state index >= 15 is 0 Å². The molecule has 2 rings (SSSR count). The maximum atomic E-state index is 4.76. The van der Waals surface area contributed by atoms with Crippen LogP contribution in [0.4, 0.5) is 5.69 Å². The maximum Gasteiger partial charge on any atom is 0.121 e. The molecule has 0 radical (unpaired) electrons. The summed E-state index contributed by atoms with van der Waals surface area (Å²) in [6.45, 7) is 0. The molecule has 0 fully saturated rings. The molecule has 0 amide bonds. The normalized spacial score (nSPS) is 13.2. The number of aromatic nitrogens is 3. The Morgan fingerprint density at radius 3 is 3.40 bits per heavy atom. The summed E-state index contributed by atoms with van der Waals surface area (Å²) in [7, 11) is 0. The van der Waals surface area contributed by atoms with Crippen LogP contribution in [0.5, 0.6) is 0 Å². The van der Waals surface area contributed by atoms with E-state index in [4.69, 9.17) is 4.84 Å². The van der Waals surface area contributed by atoms with Gasteiger partial charge in [-0.3, -0.25) is 0 Å². The minimum atomic E-state index is 0.734. The van der Waals surface area contributed by atoms with Gasteiger partial charge in [-0.1, -0.05) is 0 Å². The molecule has 10 heavy (non-hydrogen) atoms. The van der Waals surface area contributed by atoms with Crippen molar-refractivity contribution in [3.05, 3.63) is 18.2 Å². The van der Waals surface area contributed by atoms with Crippen molar-refractivity contribution in [2.75, 3.05) is 5.48 Å². The third-order valence-corrected chi connectivity index (χ3v) is 1.13. The number of hydrogen-bond donors (Lipinski definition) is 1. The summed E-state index contributed by atoms with van der Waals surface area (Å²) in [4.78, 5) is 4.76. The van der Waals surface area contributed by atoms with Crippen molar-refractivity contribution in [1.29, 1.82) is 0 Å². The van der Waals surface area contributed by atoms with Crippen LogP contribution >= 0.6 is 0 Å². The Bertz CT molecular complexity index is 272. The van der Waals surface area contributed by atoms with E-state index in [-0.39, 0.29) is 0 Å². The topological polar surface area (TPSA) is 59.9 Å². The van der Waals surface area contributed by atoms with E-state index in [9.17, 15) is 0 Å². The molecule has 0 aromatic carbocycles. The molecule has 0 spiro atoms. The maximum absolute atomic E-state index is 4.76. The molecule has 1 aliphatic heterocycles. The first-order chi connectivity index (χ1) is 4.97. The second kappa shape index (κ2) is 1.94. The van der Waals surface area contributed by atoms with Crippen molar-refractivity contribution >= 4 is 11.8 Å². The van der Waals surface area contributed by atoms with Crippen LogP contribution < -0.4 is 5.48 Å². The van der Waals surface area contributed by atoms with Crippen LogP contribution in [-0.4, -0.2) is 15.4 Å². The van der Waals surface area contributed by atoms with E-state index in [1.165, 1.54) is 6.26 Å². The Morgan fingerprint density at radius 2 is 2.50 bits per heavy atom. The van der Waals surface area contributed by atoms with Crippen molar-refractivity contribution in [3.63, 3.8) is 0 Å². The monoisotopic (exact) mass is 136 g/mol. The highest BCUT2D eigenvalue weighted by Gasteiger charge is 2.04. The summed E-state index contributed by atoms with van der Waals surface area (Å²) in [5.41, 5.74) is 4.08. The van der Waals surface area contributed by atoms with Gasteiger partial charge in [0, 0.05) is 6.08 Å². The summed E-state index contributed by atoms with van der Waals surface area (Å²) in [6.07, 6.45) is 4.75. The minimum absolute atomic E-state index is 0.734. The van der Waals surface area contributed by atoms with E-state index in [2.05, 4.69) is 20.9 Å². The summed E-state index contributed by atoms with van der Waals surface area (Å²) in [6, 6.07) is 0. The zero-order chi connectivity index (χ0) is 6.81. The minimum Gasteiger partial charge on any atom is -0.390 e. The molecule has 1 aliphatic rings. The Balaban J connectivity index is 2.54. The molecular formula is C5H4N4O. The predicted molar refractivity (Wildman–Crippen MR) is 33.6 cm³/mol. The number of anilines is 1. The van der Waals surface area contributed by atoms with Gasteiger partial charge in [-0.25, -0.2) is 5.48 Å². The highest BCUT2D eigenvalue weighted by Crippen LogP contribution is 2.14. The summed E-state index contributed by atoms with van der Waals surface area (Å²) in [5.74, 6) is 0. The third-order valence-electron chi connectivity index (χ3n) is 1.13. The van der Waals surface area contributed by atoms with E-state index in [0.717, 1.165) is 11.4 Å². The number of nitrogens with one attached hydrogen (secondary N) is 1. The first-order valence-electron chi connectivity index (χ1n) is 2.73. The summed E-state index contributed by atoms with van der Waals surface area (Å²) in [5, 5.41) is 10.7. The molecule has 0 bridgehead atoms. The zero-order valence-corrected chi connectivity index (χ0v) is 4.98. The number of fused-ring (bicyclic) bond motifs is 1. The molecule has 5 heteroatoms. The third kappa shape index (κ3) is 0.680. The highest BCUT2D eigenvalue weighted by molar-refractivity contribution is 5.61. The lowest BCUT2D eigenvalue weighted by molar-refractivity contribution is 0.328. The van der Waals surface area contributed by atoms with Gasteiger partial charge in [0.05, 0.1) is 6.20 Å². The van der Waals surface area contributed by atoms with Crippen LogP contribution in [-0.2, 0) is 4.84 Å². The quantitative estimate of drug-likeness (QED) is 0.552. The van der Waals surface area contributed by atoms with Crippen LogP contribution in [0.1, 0.15) is 5.69 Å². The Labute approximate surface area is 56.7 Å². The van der Waals surface area contributed by atoms with E-state index in [1.807, 2.05) is 0 Å². The lowest BCUT2D eigenvalue weighted by Crippen LogP contribution is -2.05. The average Bonchev–Trinajstić information content (AvgIpc) is 2.05. The van der Waals surface area contributed by atoms with Crippen LogP contribution in [0.25, 0.3) is 6.08 Å². The highest BCUT2D eigenvalue weighted by atomic mass is 16.6. The molecule has 5 nitrogen and oxygen atoms in total. The van der Waals surface area contributed by atoms with Crippen LogP contribution in [0.2, 0.25) is 0 Å². The molecule has 1 aromatic heterocycles. The van der Waals surface area contributed by atoms with Crippen LogP contribution in [0.15, 0.2) is 12.5 Å². The van der Waals surface area contributed by atoms with Gasteiger partial charge in [0.15, 0.2) is 0 Å². The number of rotatable bonds is 0. The Hall–Kier alpha value is -1.65. The van der Waals surface area contributed by atoms with Crippen LogP contribution in [0.3, 0.4) is 0 Å². The molecule has 0 saturated carbocycles. The Kier molecular flexibility index (Phi) is 1.00. The van der Waals surface area contributed by atoms with Gasteiger partial charge in [-0.15, -0.1) is 10.2 Å². The molecule has 0 saturated heterocycles.